The maximum atomic E-state index is 11.9. The lowest BCUT2D eigenvalue weighted by Crippen LogP contribution is -2.40. The van der Waals surface area contributed by atoms with E-state index in [-0.39, 0.29) is 29.9 Å². The van der Waals surface area contributed by atoms with Gasteiger partial charge in [-0.05, 0) is 43.2 Å². The number of nitrogens with one attached hydrogen (secondary N) is 1. The maximum Gasteiger partial charge on any atom is 0.222 e. The van der Waals surface area contributed by atoms with Crippen LogP contribution in [0.1, 0.15) is 43.7 Å². The minimum Gasteiger partial charge on any atom is -0.379 e. The molecule has 0 radical (unpaired) electrons. The molecule has 29 heavy (non-hydrogen) atoms. The maximum absolute atomic E-state index is 11.9. The number of likely N-dealkylation sites (N-methyl/N-ethyl adjacent to an activating group) is 1. The summed E-state index contributed by atoms with van der Waals surface area (Å²) in [6, 6.07) is 8.41. The molecule has 0 unspecified atom stereocenters. The van der Waals surface area contributed by atoms with Gasteiger partial charge in [-0.1, -0.05) is 24.3 Å². The molecule has 1 heterocycles. The number of carbonyl (C=O) groups excluding carboxylic acids is 1. The molecule has 2 fully saturated rings. The van der Waals surface area contributed by atoms with Gasteiger partial charge >= 0.3 is 0 Å². The Labute approximate surface area is 192 Å². The summed E-state index contributed by atoms with van der Waals surface area (Å²) in [6.07, 6.45) is 4.31. The topological polar surface area (TPSA) is 57.2 Å². The summed E-state index contributed by atoms with van der Waals surface area (Å²) in [7, 11) is 2.05. The summed E-state index contributed by atoms with van der Waals surface area (Å²) < 4.78 is 5.75. The SMILES string of the molecule is CCNC(=NCc1cccc(CN2CCCC2=O)c1)N(C)CCOCC1CC1.I. The number of hydrogen-bond acceptors (Lipinski definition) is 3. The van der Waals surface area contributed by atoms with Crippen molar-refractivity contribution in [3.8, 4) is 0 Å². The van der Waals surface area contributed by atoms with Crippen LogP contribution >= 0.6 is 24.0 Å². The minimum atomic E-state index is 0. The van der Waals surface area contributed by atoms with Crippen LogP contribution in [0.5, 0.6) is 0 Å². The second-order valence-corrected chi connectivity index (χ2v) is 7.85. The number of guanidine groups is 1. The molecular formula is C22H35IN4O2. The average molecular weight is 514 g/mol. The standard InChI is InChI=1S/C22H34N4O2.HI/c1-3-23-22(25(2)12-13-28-17-18-9-10-18)24-15-19-6-4-7-20(14-19)16-26-11-5-8-21(26)27;/h4,6-7,14,18H,3,5,8-13,15-17H2,1-2H3,(H,23,24);1H. The number of carbonyl (C=O) groups is 1. The number of hydrogen-bond donors (Lipinski definition) is 1. The summed E-state index contributed by atoms with van der Waals surface area (Å²) in [5.41, 5.74) is 2.34. The third-order valence-electron chi connectivity index (χ3n) is 5.27. The molecule has 3 rings (SSSR count). The number of aliphatic imine (C=N–C) groups is 1. The lowest BCUT2D eigenvalue weighted by atomic mass is 10.1. The van der Waals surface area contributed by atoms with Gasteiger partial charge in [-0.25, -0.2) is 4.99 Å². The largest absolute Gasteiger partial charge is 0.379 e. The Morgan fingerprint density at radius 2 is 2.14 bits per heavy atom. The van der Waals surface area contributed by atoms with Crippen molar-refractivity contribution in [2.75, 3.05) is 39.9 Å². The number of amides is 1. The van der Waals surface area contributed by atoms with E-state index in [2.05, 4.69) is 48.5 Å². The number of benzene rings is 1. The zero-order chi connectivity index (χ0) is 19.8. The first-order valence-corrected chi connectivity index (χ1v) is 10.6. The molecule has 0 bridgehead atoms. The first-order chi connectivity index (χ1) is 13.7. The molecular weight excluding hydrogens is 479 g/mol. The third-order valence-corrected chi connectivity index (χ3v) is 5.27. The highest BCUT2D eigenvalue weighted by atomic mass is 127. The zero-order valence-electron chi connectivity index (χ0n) is 17.7. The van der Waals surface area contributed by atoms with E-state index in [4.69, 9.17) is 9.73 Å². The summed E-state index contributed by atoms with van der Waals surface area (Å²) in [5, 5.41) is 3.36. The van der Waals surface area contributed by atoms with E-state index in [0.29, 0.717) is 19.5 Å². The van der Waals surface area contributed by atoms with Crippen molar-refractivity contribution < 1.29 is 9.53 Å². The van der Waals surface area contributed by atoms with Gasteiger partial charge in [0.05, 0.1) is 13.2 Å². The van der Waals surface area contributed by atoms with Crippen LogP contribution in [-0.2, 0) is 22.6 Å². The predicted octanol–water partition coefficient (Wildman–Crippen LogP) is 3.25. The molecule has 7 heteroatoms. The molecule has 2 aliphatic rings. The summed E-state index contributed by atoms with van der Waals surface area (Å²) in [5.74, 6) is 1.97. The smallest absolute Gasteiger partial charge is 0.222 e. The average Bonchev–Trinajstić information content (AvgIpc) is 3.44. The van der Waals surface area contributed by atoms with Crippen molar-refractivity contribution in [3.63, 3.8) is 0 Å². The molecule has 1 aromatic carbocycles. The van der Waals surface area contributed by atoms with Gasteiger partial charge in [-0.3, -0.25) is 4.79 Å². The van der Waals surface area contributed by atoms with Crippen molar-refractivity contribution in [2.45, 2.75) is 45.7 Å². The van der Waals surface area contributed by atoms with Crippen LogP contribution in [0.15, 0.2) is 29.3 Å². The fourth-order valence-electron chi connectivity index (χ4n) is 3.40. The molecule has 0 aromatic heterocycles. The number of rotatable bonds is 10. The van der Waals surface area contributed by atoms with Crippen molar-refractivity contribution >= 4 is 35.8 Å². The Kier molecular flexibility index (Phi) is 10.2. The summed E-state index contributed by atoms with van der Waals surface area (Å²) in [6.45, 7) is 7.58. The van der Waals surface area contributed by atoms with E-state index < -0.39 is 0 Å². The van der Waals surface area contributed by atoms with E-state index >= 15 is 0 Å². The predicted molar refractivity (Wildman–Crippen MR) is 127 cm³/mol. The van der Waals surface area contributed by atoms with Crippen LogP contribution in [-0.4, -0.2) is 61.6 Å². The van der Waals surface area contributed by atoms with Crippen LogP contribution in [0.4, 0.5) is 0 Å². The third kappa shape index (κ3) is 8.12. The highest BCUT2D eigenvalue weighted by Gasteiger charge is 2.21. The Hall–Kier alpha value is -1.35. The van der Waals surface area contributed by atoms with Crippen LogP contribution in [0.3, 0.4) is 0 Å². The number of halogens is 1. The van der Waals surface area contributed by atoms with Crippen molar-refractivity contribution in [1.82, 2.24) is 15.1 Å². The Morgan fingerprint density at radius 3 is 2.83 bits per heavy atom. The molecule has 1 N–H and O–H groups in total. The highest BCUT2D eigenvalue weighted by molar-refractivity contribution is 14.0. The molecule has 1 saturated carbocycles. The van der Waals surface area contributed by atoms with Crippen LogP contribution in [0.2, 0.25) is 0 Å². The summed E-state index contributed by atoms with van der Waals surface area (Å²) in [4.78, 5) is 20.7. The molecule has 0 spiro atoms. The molecule has 1 aliphatic heterocycles. The van der Waals surface area contributed by atoms with E-state index in [1.54, 1.807) is 0 Å². The second kappa shape index (κ2) is 12.4. The molecule has 162 valence electrons. The van der Waals surface area contributed by atoms with E-state index in [9.17, 15) is 4.79 Å². The lowest BCUT2D eigenvalue weighted by molar-refractivity contribution is -0.128. The first-order valence-electron chi connectivity index (χ1n) is 10.6. The van der Waals surface area contributed by atoms with Crippen LogP contribution < -0.4 is 5.32 Å². The van der Waals surface area contributed by atoms with E-state index in [0.717, 1.165) is 56.7 Å². The molecule has 1 saturated heterocycles. The molecule has 1 aromatic rings. The van der Waals surface area contributed by atoms with Crippen molar-refractivity contribution in [1.29, 1.82) is 0 Å². The second-order valence-electron chi connectivity index (χ2n) is 7.85. The fourth-order valence-corrected chi connectivity index (χ4v) is 3.40. The fraction of sp³-hybridized carbons (Fsp3) is 0.636. The molecule has 1 amide bonds. The first kappa shape index (κ1) is 23.9. The van der Waals surface area contributed by atoms with Gasteiger partial charge in [-0.2, -0.15) is 0 Å². The van der Waals surface area contributed by atoms with Gasteiger partial charge in [0.2, 0.25) is 5.91 Å². The molecule has 0 atom stereocenters. The van der Waals surface area contributed by atoms with Crippen LogP contribution in [0, 0.1) is 5.92 Å². The number of nitrogens with zero attached hydrogens (tertiary/aromatic N) is 3. The Morgan fingerprint density at radius 1 is 1.34 bits per heavy atom. The minimum absolute atomic E-state index is 0. The van der Waals surface area contributed by atoms with Gasteiger partial charge in [0.1, 0.15) is 0 Å². The van der Waals surface area contributed by atoms with Gasteiger partial charge in [0.15, 0.2) is 5.96 Å². The van der Waals surface area contributed by atoms with E-state index in [1.165, 1.54) is 18.4 Å². The lowest BCUT2D eigenvalue weighted by Gasteiger charge is -2.22. The van der Waals surface area contributed by atoms with Crippen molar-refractivity contribution in [2.24, 2.45) is 10.9 Å². The van der Waals surface area contributed by atoms with Gasteiger partial charge in [0.25, 0.3) is 0 Å². The summed E-state index contributed by atoms with van der Waals surface area (Å²) >= 11 is 0. The normalized spacial score (nSPS) is 16.7. The van der Waals surface area contributed by atoms with Gasteiger partial charge in [-0.15, -0.1) is 24.0 Å². The number of ether oxygens (including phenoxy) is 1. The highest BCUT2D eigenvalue weighted by Crippen LogP contribution is 2.28. The van der Waals surface area contributed by atoms with Gasteiger partial charge in [0, 0.05) is 46.3 Å². The monoisotopic (exact) mass is 514 g/mol. The quantitative estimate of drug-likeness (QED) is 0.226. The molecule has 6 nitrogen and oxygen atoms in total. The van der Waals surface area contributed by atoms with Crippen molar-refractivity contribution in [3.05, 3.63) is 35.4 Å². The van der Waals surface area contributed by atoms with Gasteiger partial charge < -0.3 is 19.9 Å². The Balaban J connectivity index is 0.00000300. The van der Waals surface area contributed by atoms with E-state index in [1.807, 2.05) is 4.90 Å². The molecule has 1 aliphatic carbocycles. The zero-order valence-corrected chi connectivity index (χ0v) is 20.1. The van der Waals surface area contributed by atoms with Crippen LogP contribution in [0.25, 0.3) is 0 Å². The number of likely N-dealkylation sites (tertiary alicyclic amines) is 1. The Bertz CT molecular complexity index is 679.